The van der Waals surface area contributed by atoms with E-state index in [0.29, 0.717) is 18.8 Å². The van der Waals surface area contributed by atoms with Gasteiger partial charge in [-0.2, -0.15) is 0 Å². The molecule has 0 bridgehead atoms. The molecule has 5 nitrogen and oxygen atoms in total. The summed E-state index contributed by atoms with van der Waals surface area (Å²) >= 11 is 3.39. The van der Waals surface area contributed by atoms with E-state index in [0.717, 1.165) is 29.1 Å². The monoisotopic (exact) mass is 361 g/mol. The number of aromatic nitrogens is 1. The third-order valence-corrected chi connectivity index (χ3v) is 3.92. The Hall–Kier alpha value is -1.92. The van der Waals surface area contributed by atoms with Gasteiger partial charge in [0.05, 0.1) is 13.2 Å². The van der Waals surface area contributed by atoms with Gasteiger partial charge in [0.1, 0.15) is 5.82 Å². The predicted octanol–water partition coefficient (Wildman–Crippen LogP) is 2.93. The average Bonchev–Trinajstić information content (AvgIpc) is 2.56. The number of anilines is 2. The van der Waals surface area contributed by atoms with Gasteiger partial charge in [0.15, 0.2) is 0 Å². The number of halogens is 1. The molecule has 1 aliphatic heterocycles. The van der Waals surface area contributed by atoms with Crippen LogP contribution >= 0.6 is 15.9 Å². The maximum atomic E-state index is 12.4. The zero-order chi connectivity index (χ0) is 15.4. The molecule has 0 saturated carbocycles. The van der Waals surface area contributed by atoms with Gasteiger partial charge in [-0.25, -0.2) is 4.98 Å². The van der Waals surface area contributed by atoms with Crippen molar-refractivity contribution in [1.29, 1.82) is 0 Å². The zero-order valence-corrected chi connectivity index (χ0v) is 13.5. The molecule has 0 spiro atoms. The Morgan fingerprint density at radius 3 is 2.82 bits per heavy atom. The lowest BCUT2D eigenvalue weighted by Crippen LogP contribution is -2.36. The van der Waals surface area contributed by atoms with Crippen molar-refractivity contribution in [2.75, 3.05) is 36.5 Å². The van der Waals surface area contributed by atoms with Crippen LogP contribution < -0.4 is 10.2 Å². The Morgan fingerprint density at radius 1 is 1.23 bits per heavy atom. The lowest BCUT2D eigenvalue weighted by atomic mass is 10.2. The maximum Gasteiger partial charge on any atom is 0.255 e. The quantitative estimate of drug-likeness (QED) is 0.912. The number of hydrogen-bond donors (Lipinski definition) is 1. The fourth-order valence-corrected chi connectivity index (χ4v) is 2.69. The minimum Gasteiger partial charge on any atom is -0.378 e. The predicted molar refractivity (Wildman–Crippen MR) is 89.4 cm³/mol. The van der Waals surface area contributed by atoms with Gasteiger partial charge < -0.3 is 15.0 Å². The molecule has 1 amide bonds. The molecule has 2 heterocycles. The fraction of sp³-hybridized carbons (Fsp3) is 0.250. The first kappa shape index (κ1) is 15.0. The van der Waals surface area contributed by atoms with E-state index in [-0.39, 0.29) is 5.91 Å². The molecule has 1 fully saturated rings. The van der Waals surface area contributed by atoms with E-state index >= 15 is 0 Å². The first-order valence-electron chi connectivity index (χ1n) is 7.08. The van der Waals surface area contributed by atoms with Crippen molar-refractivity contribution in [1.82, 2.24) is 4.98 Å². The third kappa shape index (κ3) is 3.64. The van der Waals surface area contributed by atoms with Crippen LogP contribution in [0.1, 0.15) is 10.4 Å². The normalized spacial score (nSPS) is 14.7. The van der Waals surface area contributed by atoms with Crippen molar-refractivity contribution in [2.45, 2.75) is 0 Å². The summed E-state index contributed by atoms with van der Waals surface area (Å²) in [4.78, 5) is 18.8. The Morgan fingerprint density at radius 2 is 2.05 bits per heavy atom. The highest BCUT2D eigenvalue weighted by molar-refractivity contribution is 9.10. The minimum atomic E-state index is -0.144. The number of rotatable bonds is 3. The molecule has 0 radical (unpaired) electrons. The van der Waals surface area contributed by atoms with E-state index in [2.05, 4.69) is 31.1 Å². The van der Waals surface area contributed by atoms with Crippen LogP contribution in [0.5, 0.6) is 0 Å². The molecule has 22 heavy (non-hydrogen) atoms. The van der Waals surface area contributed by atoms with Gasteiger partial charge in [-0.05, 0) is 30.3 Å². The highest BCUT2D eigenvalue weighted by atomic mass is 79.9. The lowest BCUT2D eigenvalue weighted by Gasteiger charge is -2.27. The van der Waals surface area contributed by atoms with Gasteiger partial charge in [0.2, 0.25) is 0 Å². The molecule has 6 heteroatoms. The summed E-state index contributed by atoms with van der Waals surface area (Å²) in [5.74, 6) is 0.667. The summed E-state index contributed by atoms with van der Waals surface area (Å²) in [6.07, 6.45) is 1.67. The molecule has 1 aliphatic rings. The molecule has 1 aromatic carbocycles. The van der Waals surface area contributed by atoms with Gasteiger partial charge in [-0.3, -0.25) is 4.79 Å². The van der Waals surface area contributed by atoms with Gasteiger partial charge in [0, 0.05) is 35.0 Å². The van der Waals surface area contributed by atoms with E-state index in [9.17, 15) is 4.79 Å². The number of hydrogen-bond acceptors (Lipinski definition) is 4. The van der Waals surface area contributed by atoms with Crippen LogP contribution in [0.4, 0.5) is 11.5 Å². The molecule has 0 aliphatic carbocycles. The van der Waals surface area contributed by atoms with Crippen LogP contribution in [0, 0.1) is 0 Å². The maximum absolute atomic E-state index is 12.4. The highest BCUT2D eigenvalue weighted by Gasteiger charge is 2.14. The molecule has 0 atom stereocenters. The van der Waals surface area contributed by atoms with Crippen molar-refractivity contribution in [3.8, 4) is 0 Å². The number of nitrogens with zero attached hydrogens (tertiary/aromatic N) is 2. The average molecular weight is 362 g/mol. The summed E-state index contributed by atoms with van der Waals surface area (Å²) in [6, 6.07) is 11.1. The molecular weight excluding hydrogens is 346 g/mol. The standard InChI is InChI=1S/C16H16BrN3O2/c17-13-2-1-3-14(11-13)19-16(21)12-4-5-18-15(10-12)20-6-8-22-9-7-20/h1-5,10-11H,6-9H2,(H,19,21). The fourth-order valence-electron chi connectivity index (χ4n) is 2.29. The van der Waals surface area contributed by atoms with Crippen LogP contribution in [0.25, 0.3) is 0 Å². The van der Waals surface area contributed by atoms with Gasteiger partial charge in [0.25, 0.3) is 5.91 Å². The number of pyridine rings is 1. The topological polar surface area (TPSA) is 54.5 Å². The molecule has 0 unspecified atom stereocenters. The number of amides is 1. The Kier molecular flexibility index (Phi) is 4.70. The number of benzene rings is 1. The first-order valence-corrected chi connectivity index (χ1v) is 7.87. The lowest BCUT2D eigenvalue weighted by molar-refractivity contribution is 0.102. The van der Waals surface area contributed by atoms with Crippen molar-refractivity contribution in [3.05, 3.63) is 52.6 Å². The van der Waals surface area contributed by atoms with Crippen LogP contribution in [-0.2, 0) is 4.74 Å². The molecule has 1 N–H and O–H groups in total. The number of morpholine rings is 1. The minimum absolute atomic E-state index is 0.144. The molecular formula is C16H16BrN3O2. The Labute approximate surface area is 137 Å². The second-order valence-corrected chi connectivity index (χ2v) is 5.88. The van der Waals surface area contributed by atoms with E-state index < -0.39 is 0 Å². The molecule has 3 rings (SSSR count). The third-order valence-electron chi connectivity index (χ3n) is 3.43. The smallest absolute Gasteiger partial charge is 0.255 e. The summed E-state index contributed by atoms with van der Waals surface area (Å²) in [5.41, 5.74) is 1.35. The van der Waals surface area contributed by atoms with Gasteiger partial charge >= 0.3 is 0 Å². The highest BCUT2D eigenvalue weighted by Crippen LogP contribution is 2.18. The number of carbonyl (C=O) groups excluding carboxylic acids is 1. The van der Waals surface area contributed by atoms with Crippen molar-refractivity contribution in [3.63, 3.8) is 0 Å². The van der Waals surface area contributed by atoms with Crippen LogP contribution in [0.2, 0.25) is 0 Å². The van der Waals surface area contributed by atoms with Crippen molar-refractivity contribution in [2.24, 2.45) is 0 Å². The summed E-state index contributed by atoms with van der Waals surface area (Å²) in [6.45, 7) is 2.97. The summed E-state index contributed by atoms with van der Waals surface area (Å²) in [7, 11) is 0. The van der Waals surface area contributed by atoms with E-state index in [1.165, 1.54) is 0 Å². The summed E-state index contributed by atoms with van der Waals surface area (Å²) in [5, 5.41) is 2.89. The molecule has 1 saturated heterocycles. The number of carbonyl (C=O) groups is 1. The van der Waals surface area contributed by atoms with Crippen LogP contribution in [0.3, 0.4) is 0 Å². The molecule has 114 valence electrons. The second kappa shape index (κ2) is 6.89. The summed E-state index contributed by atoms with van der Waals surface area (Å²) < 4.78 is 6.26. The Balaban J connectivity index is 1.75. The van der Waals surface area contributed by atoms with E-state index in [1.54, 1.807) is 12.3 Å². The van der Waals surface area contributed by atoms with Crippen LogP contribution in [-0.4, -0.2) is 37.2 Å². The van der Waals surface area contributed by atoms with Crippen molar-refractivity contribution < 1.29 is 9.53 Å². The molecule has 1 aromatic heterocycles. The SMILES string of the molecule is O=C(Nc1cccc(Br)c1)c1ccnc(N2CCOCC2)c1. The number of nitrogens with one attached hydrogen (secondary N) is 1. The first-order chi connectivity index (χ1) is 10.7. The van der Waals surface area contributed by atoms with Gasteiger partial charge in [-0.1, -0.05) is 22.0 Å². The van der Waals surface area contributed by atoms with E-state index in [4.69, 9.17) is 4.74 Å². The Bertz CT molecular complexity index is 672. The van der Waals surface area contributed by atoms with Crippen molar-refractivity contribution >= 4 is 33.3 Å². The largest absolute Gasteiger partial charge is 0.378 e. The van der Waals surface area contributed by atoms with E-state index in [1.807, 2.05) is 30.3 Å². The van der Waals surface area contributed by atoms with Crippen LogP contribution in [0.15, 0.2) is 47.1 Å². The number of ether oxygens (including phenoxy) is 1. The molecule has 2 aromatic rings. The second-order valence-electron chi connectivity index (χ2n) is 4.97. The van der Waals surface area contributed by atoms with Gasteiger partial charge in [-0.15, -0.1) is 0 Å². The zero-order valence-electron chi connectivity index (χ0n) is 12.0.